The van der Waals surface area contributed by atoms with Gasteiger partial charge in [0.2, 0.25) is 0 Å². The lowest BCUT2D eigenvalue weighted by atomic mass is 10.0. The van der Waals surface area contributed by atoms with Crippen molar-refractivity contribution in [3.8, 4) is 0 Å². The van der Waals surface area contributed by atoms with Gasteiger partial charge in [-0.05, 0) is 44.6 Å². The Labute approximate surface area is 112 Å². The molecule has 18 heavy (non-hydrogen) atoms. The van der Waals surface area contributed by atoms with Crippen LogP contribution in [-0.4, -0.2) is 31.6 Å². The molecule has 0 unspecified atom stereocenters. The molecule has 0 saturated heterocycles. The Bertz CT molecular complexity index is 371. The normalized spacial score (nSPS) is 10.9. The highest BCUT2D eigenvalue weighted by molar-refractivity contribution is 5.27. The molecule has 0 spiro atoms. The predicted octanol–water partition coefficient (Wildman–Crippen LogP) is 2.85. The van der Waals surface area contributed by atoms with E-state index in [4.69, 9.17) is 0 Å². The molecule has 0 fully saturated rings. The number of nitrogens with zero attached hydrogens (tertiary/aromatic N) is 1. The van der Waals surface area contributed by atoms with Crippen molar-refractivity contribution >= 4 is 0 Å². The molecule has 0 aliphatic rings. The molecule has 1 aromatic rings. The zero-order chi connectivity index (χ0) is 13.4. The van der Waals surface area contributed by atoms with Crippen molar-refractivity contribution in [3.05, 3.63) is 47.5 Å². The van der Waals surface area contributed by atoms with E-state index >= 15 is 0 Å². The molecule has 0 atom stereocenters. The van der Waals surface area contributed by atoms with Crippen LogP contribution in [-0.2, 0) is 13.0 Å². The first-order chi connectivity index (χ1) is 8.63. The molecule has 2 heteroatoms. The maximum Gasteiger partial charge on any atom is 0.0236 e. The molecular weight excluding hydrogens is 220 g/mol. The summed E-state index contributed by atoms with van der Waals surface area (Å²) in [5.74, 6) is 0. The average Bonchev–Trinajstić information content (AvgIpc) is 2.30. The Balaban J connectivity index is 2.60. The molecule has 0 bridgehead atoms. The Morgan fingerprint density at radius 1 is 1.28 bits per heavy atom. The maximum atomic E-state index is 3.97. The van der Waals surface area contributed by atoms with E-state index in [9.17, 15) is 0 Å². The standard InChI is InChI=1S/C16H26N2/c1-5-17-11-10-15-8-6-7-9-16(15)13-18(4)12-14(2)3/h6-9,17H,2,5,10-13H2,1,3-4H3. The summed E-state index contributed by atoms with van der Waals surface area (Å²) in [4.78, 5) is 2.31. The Hall–Kier alpha value is -1.12. The van der Waals surface area contributed by atoms with Crippen molar-refractivity contribution in [2.75, 3.05) is 26.7 Å². The van der Waals surface area contributed by atoms with Gasteiger partial charge >= 0.3 is 0 Å². The van der Waals surface area contributed by atoms with Gasteiger partial charge in [-0.3, -0.25) is 4.90 Å². The lowest BCUT2D eigenvalue weighted by Crippen LogP contribution is -2.21. The second-order valence-electron chi connectivity index (χ2n) is 5.00. The number of nitrogens with one attached hydrogen (secondary N) is 1. The smallest absolute Gasteiger partial charge is 0.0236 e. The molecule has 1 N–H and O–H groups in total. The zero-order valence-corrected chi connectivity index (χ0v) is 12.0. The van der Waals surface area contributed by atoms with Crippen molar-refractivity contribution in [2.24, 2.45) is 0 Å². The van der Waals surface area contributed by atoms with E-state index in [1.54, 1.807) is 0 Å². The van der Waals surface area contributed by atoms with Gasteiger partial charge in [0.25, 0.3) is 0 Å². The summed E-state index contributed by atoms with van der Waals surface area (Å²) in [6, 6.07) is 8.72. The van der Waals surface area contributed by atoms with E-state index in [1.165, 1.54) is 16.7 Å². The SMILES string of the molecule is C=C(C)CN(C)Cc1ccccc1CCNCC. The molecule has 1 rings (SSSR count). The topological polar surface area (TPSA) is 15.3 Å². The molecule has 2 nitrogen and oxygen atoms in total. The zero-order valence-electron chi connectivity index (χ0n) is 12.0. The Kier molecular flexibility index (Phi) is 6.69. The van der Waals surface area contributed by atoms with Crippen LogP contribution in [0.25, 0.3) is 0 Å². The molecule has 0 aliphatic heterocycles. The van der Waals surface area contributed by atoms with Crippen LogP contribution in [0.15, 0.2) is 36.4 Å². The van der Waals surface area contributed by atoms with Gasteiger partial charge in [-0.2, -0.15) is 0 Å². The lowest BCUT2D eigenvalue weighted by Gasteiger charge is -2.19. The first-order valence-electron chi connectivity index (χ1n) is 6.74. The molecular formula is C16H26N2. The number of rotatable bonds is 8. The van der Waals surface area contributed by atoms with Crippen LogP contribution in [0.5, 0.6) is 0 Å². The van der Waals surface area contributed by atoms with Crippen LogP contribution in [0.2, 0.25) is 0 Å². The summed E-state index contributed by atoms with van der Waals surface area (Å²) in [5, 5.41) is 3.38. The quantitative estimate of drug-likeness (QED) is 0.560. The highest BCUT2D eigenvalue weighted by Crippen LogP contribution is 2.12. The van der Waals surface area contributed by atoms with E-state index in [1.807, 2.05) is 0 Å². The highest BCUT2D eigenvalue weighted by atomic mass is 15.1. The fourth-order valence-corrected chi connectivity index (χ4v) is 2.16. The molecule has 0 heterocycles. The van der Waals surface area contributed by atoms with Gasteiger partial charge in [-0.15, -0.1) is 0 Å². The van der Waals surface area contributed by atoms with Gasteiger partial charge in [0.1, 0.15) is 0 Å². The van der Waals surface area contributed by atoms with Crippen molar-refractivity contribution in [1.82, 2.24) is 10.2 Å². The van der Waals surface area contributed by atoms with E-state index in [0.29, 0.717) is 0 Å². The van der Waals surface area contributed by atoms with Crippen molar-refractivity contribution in [3.63, 3.8) is 0 Å². The van der Waals surface area contributed by atoms with Crippen molar-refractivity contribution in [1.29, 1.82) is 0 Å². The van der Waals surface area contributed by atoms with Crippen molar-refractivity contribution < 1.29 is 0 Å². The summed E-state index contributed by atoms with van der Waals surface area (Å²) >= 11 is 0. The second-order valence-corrected chi connectivity index (χ2v) is 5.00. The largest absolute Gasteiger partial charge is 0.317 e. The third kappa shape index (κ3) is 5.48. The summed E-state index contributed by atoms with van der Waals surface area (Å²) < 4.78 is 0. The molecule has 0 saturated carbocycles. The second kappa shape index (κ2) is 8.06. The minimum atomic E-state index is 0.960. The van der Waals surface area contributed by atoms with Gasteiger partial charge < -0.3 is 5.32 Å². The van der Waals surface area contributed by atoms with Gasteiger partial charge in [0.15, 0.2) is 0 Å². The van der Waals surface area contributed by atoms with Crippen LogP contribution in [0.3, 0.4) is 0 Å². The van der Waals surface area contributed by atoms with Gasteiger partial charge in [-0.1, -0.05) is 43.3 Å². The molecule has 0 aliphatic carbocycles. The Morgan fingerprint density at radius 3 is 2.56 bits per heavy atom. The van der Waals surface area contributed by atoms with E-state index < -0.39 is 0 Å². The first-order valence-corrected chi connectivity index (χ1v) is 6.74. The van der Waals surface area contributed by atoms with Crippen LogP contribution in [0.4, 0.5) is 0 Å². The van der Waals surface area contributed by atoms with E-state index in [-0.39, 0.29) is 0 Å². The minimum absolute atomic E-state index is 0.960. The molecule has 100 valence electrons. The molecule has 1 aromatic carbocycles. The molecule has 0 aromatic heterocycles. The van der Waals surface area contributed by atoms with Crippen LogP contribution in [0.1, 0.15) is 25.0 Å². The first kappa shape index (κ1) is 14.9. The van der Waals surface area contributed by atoms with Crippen LogP contribution in [0, 0.1) is 0 Å². The van der Waals surface area contributed by atoms with Gasteiger partial charge in [0, 0.05) is 13.1 Å². The van der Waals surface area contributed by atoms with E-state index in [2.05, 4.69) is 62.0 Å². The molecule has 0 radical (unpaired) electrons. The number of hydrogen-bond acceptors (Lipinski definition) is 2. The summed E-state index contributed by atoms with van der Waals surface area (Å²) in [6.45, 7) is 12.2. The summed E-state index contributed by atoms with van der Waals surface area (Å²) in [5.41, 5.74) is 4.09. The number of hydrogen-bond donors (Lipinski definition) is 1. The maximum absolute atomic E-state index is 3.97. The van der Waals surface area contributed by atoms with E-state index in [0.717, 1.165) is 32.6 Å². The third-order valence-electron chi connectivity index (χ3n) is 2.92. The number of likely N-dealkylation sites (N-methyl/N-ethyl adjacent to an activating group) is 2. The third-order valence-corrected chi connectivity index (χ3v) is 2.92. The fraction of sp³-hybridized carbons (Fsp3) is 0.500. The lowest BCUT2D eigenvalue weighted by molar-refractivity contribution is 0.354. The monoisotopic (exact) mass is 246 g/mol. The van der Waals surface area contributed by atoms with Crippen LogP contribution >= 0.6 is 0 Å². The summed E-state index contributed by atoms with van der Waals surface area (Å²) in [6.07, 6.45) is 1.10. The highest BCUT2D eigenvalue weighted by Gasteiger charge is 2.05. The van der Waals surface area contributed by atoms with Crippen molar-refractivity contribution in [2.45, 2.75) is 26.8 Å². The summed E-state index contributed by atoms with van der Waals surface area (Å²) in [7, 11) is 2.15. The Morgan fingerprint density at radius 2 is 1.94 bits per heavy atom. The predicted molar refractivity (Wildman–Crippen MR) is 79.8 cm³/mol. The molecule has 0 amide bonds. The van der Waals surface area contributed by atoms with Gasteiger partial charge in [-0.25, -0.2) is 0 Å². The number of benzene rings is 1. The van der Waals surface area contributed by atoms with Crippen LogP contribution < -0.4 is 5.32 Å². The fourth-order valence-electron chi connectivity index (χ4n) is 2.16. The average molecular weight is 246 g/mol. The van der Waals surface area contributed by atoms with Gasteiger partial charge in [0.05, 0.1) is 0 Å². The minimum Gasteiger partial charge on any atom is -0.317 e.